The number of nitrogens with one attached hydrogen (secondary N) is 1. The van der Waals surface area contributed by atoms with E-state index in [0.29, 0.717) is 16.3 Å². The van der Waals surface area contributed by atoms with Crippen LogP contribution in [-0.4, -0.2) is 49.6 Å². The standard InChI is InChI=1S/C34H28BrClF3N5O4.ClH/c1-33(42-2,32(41)47)26-17-44(30(45)20-5-3-19(15-40)4-6-20)28-14-23(36)9-11-27(28)43(31(26)46)16-25-24-10-8-22(35)13-21(24)7-12-29(25)48-18-34(37,38)39;/h3-14,26,42H,16-18H2,1-2H3,(H2,41,47);1H/t26-,33?;/m1./s1. The average Bonchev–Trinajstić information content (AvgIpc) is 3.17. The molecule has 0 spiro atoms. The first-order chi connectivity index (χ1) is 22.7. The van der Waals surface area contributed by atoms with Crippen molar-refractivity contribution < 1.29 is 32.3 Å². The lowest BCUT2D eigenvalue weighted by molar-refractivity contribution is -0.153. The van der Waals surface area contributed by atoms with Crippen molar-refractivity contribution in [3.63, 3.8) is 0 Å². The first-order valence-electron chi connectivity index (χ1n) is 14.5. The Morgan fingerprint density at radius 2 is 1.78 bits per heavy atom. The number of anilines is 2. The van der Waals surface area contributed by atoms with E-state index in [2.05, 4.69) is 21.2 Å². The number of ether oxygens (including phenoxy) is 1. The van der Waals surface area contributed by atoms with Crippen molar-refractivity contribution in [1.82, 2.24) is 5.32 Å². The number of carbonyl (C=O) groups excluding carboxylic acids is 3. The van der Waals surface area contributed by atoms with E-state index in [1.807, 2.05) is 6.07 Å². The number of likely N-dealkylation sites (N-methyl/N-ethyl adjacent to an activating group) is 1. The molecular formula is C34H29BrCl2F3N5O4. The maximum atomic E-state index is 14.8. The molecule has 3 N–H and O–H groups in total. The van der Waals surface area contributed by atoms with Gasteiger partial charge in [0.15, 0.2) is 6.61 Å². The second kappa shape index (κ2) is 14.6. The predicted molar refractivity (Wildman–Crippen MR) is 186 cm³/mol. The van der Waals surface area contributed by atoms with E-state index in [-0.39, 0.29) is 58.8 Å². The molecule has 3 amide bonds. The quantitative estimate of drug-likeness (QED) is 0.204. The zero-order chi connectivity index (χ0) is 35.0. The summed E-state index contributed by atoms with van der Waals surface area (Å²) in [6.45, 7) is -0.775. The van der Waals surface area contributed by atoms with Gasteiger partial charge in [-0.25, -0.2) is 0 Å². The van der Waals surface area contributed by atoms with Crippen molar-refractivity contribution in [1.29, 1.82) is 5.26 Å². The summed E-state index contributed by atoms with van der Waals surface area (Å²) >= 11 is 9.86. The van der Waals surface area contributed by atoms with E-state index in [1.54, 1.807) is 24.3 Å². The molecule has 1 aliphatic heterocycles. The van der Waals surface area contributed by atoms with Crippen LogP contribution in [0.2, 0.25) is 5.02 Å². The van der Waals surface area contributed by atoms with Crippen molar-refractivity contribution in [3.05, 3.63) is 99.0 Å². The lowest BCUT2D eigenvalue weighted by atomic mass is 9.83. The van der Waals surface area contributed by atoms with Crippen LogP contribution >= 0.6 is 39.9 Å². The molecule has 0 radical (unpaired) electrons. The molecule has 1 unspecified atom stereocenters. The Balaban J connectivity index is 0.00000541. The minimum atomic E-state index is -4.64. The van der Waals surface area contributed by atoms with Gasteiger partial charge in [-0.3, -0.25) is 14.4 Å². The lowest BCUT2D eigenvalue weighted by Gasteiger charge is -2.36. The van der Waals surface area contributed by atoms with Crippen LogP contribution in [0.25, 0.3) is 10.8 Å². The number of nitrogens with two attached hydrogens (primary N) is 1. The SMILES string of the molecule is CNC(C)(C(N)=O)[C@@H]1CN(C(=O)c2ccc(C#N)cc2)c2cc(Cl)ccc2N(Cc2c(OCC(F)(F)F)ccc3cc(Br)ccc23)C1=O.Cl. The number of benzene rings is 4. The molecule has 1 aliphatic rings. The van der Waals surface area contributed by atoms with Crippen LogP contribution in [0.15, 0.2) is 77.3 Å². The number of halogens is 6. The van der Waals surface area contributed by atoms with Gasteiger partial charge in [0, 0.05) is 27.2 Å². The molecule has 0 saturated carbocycles. The number of primary amides is 1. The summed E-state index contributed by atoms with van der Waals surface area (Å²) in [4.78, 5) is 44.5. The molecule has 1 heterocycles. The second-order valence-electron chi connectivity index (χ2n) is 11.3. The van der Waals surface area contributed by atoms with E-state index < -0.39 is 42.0 Å². The Labute approximate surface area is 299 Å². The van der Waals surface area contributed by atoms with Crippen LogP contribution < -0.4 is 25.6 Å². The highest BCUT2D eigenvalue weighted by Crippen LogP contribution is 2.42. The van der Waals surface area contributed by atoms with E-state index in [4.69, 9.17) is 22.1 Å². The van der Waals surface area contributed by atoms with Crippen molar-refractivity contribution >= 4 is 79.8 Å². The number of alkyl halides is 3. The van der Waals surface area contributed by atoms with Crippen LogP contribution in [0.4, 0.5) is 24.5 Å². The lowest BCUT2D eigenvalue weighted by Crippen LogP contribution is -2.63. The Morgan fingerprint density at radius 3 is 2.39 bits per heavy atom. The normalized spacial score (nSPS) is 15.8. The van der Waals surface area contributed by atoms with Gasteiger partial charge in [-0.05, 0) is 85.4 Å². The first-order valence-corrected chi connectivity index (χ1v) is 15.7. The fourth-order valence-electron chi connectivity index (χ4n) is 5.67. The van der Waals surface area contributed by atoms with Crippen LogP contribution in [0.1, 0.15) is 28.4 Å². The van der Waals surface area contributed by atoms with Gasteiger partial charge in [-0.15, -0.1) is 12.4 Å². The van der Waals surface area contributed by atoms with Crippen LogP contribution in [-0.2, 0) is 16.1 Å². The summed E-state index contributed by atoms with van der Waals surface area (Å²) in [5.41, 5.74) is 5.34. The fourth-order valence-corrected chi connectivity index (χ4v) is 6.21. The van der Waals surface area contributed by atoms with Gasteiger partial charge in [0.25, 0.3) is 5.91 Å². The Kier molecular flexibility index (Phi) is 11.2. The van der Waals surface area contributed by atoms with Gasteiger partial charge < -0.3 is 25.6 Å². The van der Waals surface area contributed by atoms with Gasteiger partial charge in [0.2, 0.25) is 11.8 Å². The average molecular weight is 779 g/mol. The third kappa shape index (κ3) is 7.63. The number of rotatable bonds is 8. The van der Waals surface area contributed by atoms with Crippen molar-refractivity contribution in [2.45, 2.75) is 25.2 Å². The molecule has 0 bridgehead atoms. The number of hydrogen-bond donors (Lipinski definition) is 2. The summed E-state index contributed by atoms with van der Waals surface area (Å²) in [6, 6.07) is 20.6. The Morgan fingerprint density at radius 1 is 1.08 bits per heavy atom. The van der Waals surface area contributed by atoms with Crippen molar-refractivity contribution in [2.24, 2.45) is 11.7 Å². The summed E-state index contributed by atoms with van der Waals surface area (Å²) in [5, 5.41) is 13.5. The highest BCUT2D eigenvalue weighted by molar-refractivity contribution is 9.10. The fraction of sp³-hybridized carbons (Fsp3) is 0.235. The molecule has 4 aromatic carbocycles. The number of nitrogens with zero attached hydrogens (tertiary/aromatic N) is 3. The topological polar surface area (TPSA) is 129 Å². The summed E-state index contributed by atoms with van der Waals surface area (Å²) in [7, 11) is 1.45. The van der Waals surface area contributed by atoms with Crippen molar-refractivity contribution in [3.8, 4) is 11.8 Å². The Bertz CT molecular complexity index is 1970. The van der Waals surface area contributed by atoms with E-state index in [9.17, 15) is 32.8 Å². The van der Waals surface area contributed by atoms with Crippen LogP contribution in [0.3, 0.4) is 0 Å². The molecule has 9 nitrogen and oxygen atoms in total. The molecule has 2 atom stereocenters. The minimum Gasteiger partial charge on any atom is -0.484 e. The molecule has 0 saturated heterocycles. The maximum Gasteiger partial charge on any atom is 0.422 e. The highest BCUT2D eigenvalue weighted by Gasteiger charge is 2.49. The van der Waals surface area contributed by atoms with Gasteiger partial charge in [-0.2, -0.15) is 18.4 Å². The molecule has 256 valence electrons. The molecule has 0 fully saturated rings. The summed E-state index contributed by atoms with van der Waals surface area (Å²) in [5.74, 6) is -3.47. The highest BCUT2D eigenvalue weighted by atomic mass is 79.9. The van der Waals surface area contributed by atoms with Gasteiger partial charge in [0.1, 0.15) is 11.3 Å². The van der Waals surface area contributed by atoms with Crippen LogP contribution in [0.5, 0.6) is 5.75 Å². The number of amides is 3. The monoisotopic (exact) mass is 777 g/mol. The Hall–Kier alpha value is -4.35. The van der Waals surface area contributed by atoms with Crippen LogP contribution in [0, 0.1) is 17.2 Å². The number of fused-ring (bicyclic) bond motifs is 2. The molecule has 5 rings (SSSR count). The maximum absolute atomic E-state index is 14.8. The van der Waals surface area contributed by atoms with E-state index >= 15 is 0 Å². The summed E-state index contributed by atoms with van der Waals surface area (Å²) in [6.07, 6.45) is -4.64. The van der Waals surface area contributed by atoms with E-state index in [1.165, 1.54) is 72.3 Å². The molecule has 15 heteroatoms. The van der Waals surface area contributed by atoms with Gasteiger partial charge in [0.05, 0.1) is 35.5 Å². The largest absolute Gasteiger partial charge is 0.484 e. The zero-order valence-electron chi connectivity index (χ0n) is 26.0. The predicted octanol–water partition coefficient (Wildman–Crippen LogP) is 6.76. The molecule has 0 aliphatic carbocycles. The zero-order valence-corrected chi connectivity index (χ0v) is 29.1. The minimum absolute atomic E-state index is 0. The third-order valence-corrected chi connectivity index (χ3v) is 9.17. The second-order valence-corrected chi connectivity index (χ2v) is 12.7. The first kappa shape index (κ1) is 37.5. The van der Waals surface area contributed by atoms with Gasteiger partial charge in [-0.1, -0.05) is 39.7 Å². The number of hydrogen-bond acceptors (Lipinski definition) is 6. The van der Waals surface area contributed by atoms with Gasteiger partial charge >= 0.3 is 6.18 Å². The smallest absolute Gasteiger partial charge is 0.422 e. The summed E-state index contributed by atoms with van der Waals surface area (Å²) < 4.78 is 46.0. The number of carbonyl (C=O) groups is 3. The van der Waals surface area contributed by atoms with E-state index in [0.717, 1.165) is 4.47 Å². The molecule has 0 aromatic heterocycles. The molecule has 4 aromatic rings. The molecule has 49 heavy (non-hydrogen) atoms. The number of nitriles is 1. The van der Waals surface area contributed by atoms with Crippen molar-refractivity contribution in [2.75, 3.05) is 30.0 Å². The molecular weight excluding hydrogens is 750 g/mol. The third-order valence-electron chi connectivity index (χ3n) is 8.44.